The molecule has 20 heavy (non-hydrogen) atoms. The molecule has 1 aromatic carbocycles. The van der Waals surface area contributed by atoms with Gasteiger partial charge in [-0.05, 0) is 24.5 Å². The number of halogens is 3. The summed E-state index contributed by atoms with van der Waals surface area (Å²) in [4.78, 5) is 11.8. The molecule has 0 fully saturated rings. The van der Waals surface area contributed by atoms with Crippen molar-refractivity contribution in [2.75, 3.05) is 6.26 Å². The van der Waals surface area contributed by atoms with Crippen LogP contribution in [0.5, 0.6) is 0 Å². The minimum absolute atomic E-state index is 0.0724. The van der Waals surface area contributed by atoms with E-state index in [0.29, 0.717) is 4.90 Å². The maximum Gasteiger partial charge on any atom is 0.435 e. The van der Waals surface area contributed by atoms with Gasteiger partial charge < -0.3 is 5.11 Å². The van der Waals surface area contributed by atoms with Crippen LogP contribution in [-0.2, 0) is 6.18 Å². The topological polar surface area (TPSA) is 55.1 Å². The van der Waals surface area contributed by atoms with Gasteiger partial charge in [-0.15, -0.1) is 11.8 Å². The van der Waals surface area contributed by atoms with Gasteiger partial charge in [0.05, 0.1) is 11.3 Å². The molecule has 1 N–H and O–H groups in total. The van der Waals surface area contributed by atoms with E-state index in [9.17, 15) is 23.1 Å². The second-order valence-electron chi connectivity index (χ2n) is 3.80. The van der Waals surface area contributed by atoms with E-state index < -0.39 is 17.8 Å². The van der Waals surface area contributed by atoms with Crippen LogP contribution in [0.2, 0.25) is 0 Å². The van der Waals surface area contributed by atoms with E-state index >= 15 is 0 Å². The monoisotopic (exact) mass is 302 g/mol. The Hall–Kier alpha value is -1.96. The zero-order chi connectivity index (χ0) is 14.9. The van der Waals surface area contributed by atoms with E-state index in [0.717, 1.165) is 16.9 Å². The molecule has 1 aromatic heterocycles. The Morgan fingerprint density at radius 1 is 1.35 bits per heavy atom. The van der Waals surface area contributed by atoms with Gasteiger partial charge in [0, 0.05) is 11.1 Å². The number of alkyl halides is 3. The van der Waals surface area contributed by atoms with Gasteiger partial charge in [-0.1, -0.05) is 6.07 Å². The third-order valence-corrected chi connectivity index (χ3v) is 3.34. The first-order valence-electron chi connectivity index (χ1n) is 5.38. The number of thioether (sulfide) groups is 1. The van der Waals surface area contributed by atoms with Gasteiger partial charge in [-0.25, -0.2) is 9.48 Å². The van der Waals surface area contributed by atoms with Crippen molar-refractivity contribution in [3.63, 3.8) is 0 Å². The summed E-state index contributed by atoms with van der Waals surface area (Å²) in [6.07, 6.45) is -1.78. The van der Waals surface area contributed by atoms with Gasteiger partial charge >= 0.3 is 12.1 Å². The summed E-state index contributed by atoms with van der Waals surface area (Å²) in [7, 11) is 0. The van der Waals surface area contributed by atoms with Crippen molar-refractivity contribution < 1.29 is 23.1 Å². The molecule has 2 aromatic rings. The first-order valence-corrected chi connectivity index (χ1v) is 6.60. The SMILES string of the molecule is CSc1cccc(-n2ccc(C(F)(F)F)n2)c1C(=O)O. The molecule has 0 unspecified atom stereocenters. The fourth-order valence-corrected chi connectivity index (χ4v) is 2.32. The van der Waals surface area contributed by atoms with Crippen LogP contribution in [0.1, 0.15) is 16.1 Å². The Balaban J connectivity index is 2.58. The number of hydrogen-bond donors (Lipinski definition) is 1. The number of nitrogens with zero attached hydrogens (tertiary/aromatic N) is 2. The minimum Gasteiger partial charge on any atom is -0.478 e. The summed E-state index contributed by atoms with van der Waals surface area (Å²) in [6, 6.07) is 5.38. The van der Waals surface area contributed by atoms with Gasteiger partial charge in [-0.3, -0.25) is 0 Å². The molecule has 0 bridgehead atoms. The van der Waals surface area contributed by atoms with Gasteiger partial charge in [0.15, 0.2) is 5.69 Å². The number of carboxylic acids is 1. The van der Waals surface area contributed by atoms with Crippen molar-refractivity contribution in [2.24, 2.45) is 0 Å². The molecule has 4 nitrogen and oxygen atoms in total. The highest BCUT2D eigenvalue weighted by atomic mass is 32.2. The van der Waals surface area contributed by atoms with Crippen LogP contribution in [0.4, 0.5) is 13.2 Å². The van der Waals surface area contributed by atoms with Crippen molar-refractivity contribution in [2.45, 2.75) is 11.1 Å². The van der Waals surface area contributed by atoms with Gasteiger partial charge in [-0.2, -0.15) is 18.3 Å². The molecule has 2 rings (SSSR count). The van der Waals surface area contributed by atoms with Crippen molar-refractivity contribution in [1.29, 1.82) is 0 Å². The maximum absolute atomic E-state index is 12.5. The normalized spacial score (nSPS) is 11.6. The number of aromatic nitrogens is 2. The molecule has 0 aliphatic carbocycles. The Bertz CT molecular complexity index is 652. The Morgan fingerprint density at radius 3 is 2.55 bits per heavy atom. The lowest BCUT2D eigenvalue weighted by Crippen LogP contribution is -2.10. The second kappa shape index (κ2) is 5.20. The lowest BCUT2D eigenvalue weighted by molar-refractivity contribution is -0.141. The van der Waals surface area contributed by atoms with Crippen LogP contribution in [0.15, 0.2) is 35.4 Å². The fraction of sp³-hybridized carbons (Fsp3) is 0.167. The second-order valence-corrected chi connectivity index (χ2v) is 4.65. The molecule has 0 spiro atoms. The van der Waals surface area contributed by atoms with Crippen LogP contribution in [0, 0.1) is 0 Å². The molecule has 0 aliphatic rings. The number of rotatable bonds is 3. The van der Waals surface area contributed by atoms with Crippen LogP contribution < -0.4 is 0 Å². The van der Waals surface area contributed by atoms with Gasteiger partial charge in [0.1, 0.15) is 0 Å². The molecule has 0 saturated carbocycles. The smallest absolute Gasteiger partial charge is 0.435 e. The van der Waals surface area contributed by atoms with E-state index in [2.05, 4.69) is 5.10 Å². The fourth-order valence-electron chi connectivity index (χ4n) is 1.70. The molecule has 0 radical (unpaired) electrons. The lowest BCUT2D eigenvalue weighted by Gasteiger charge is -2.10. The molecule has 0 aliphatic heterocycles. The number of hydrogen-bond acceptors (Lipinski definition) is 3. The predicted molar refractivity (Wildman–Crippen MR) is 67.3 cm³/mol. The lowest BCUT2D eigenvalue weighted by atomic mass is 10.2. The summed E-state index contributed by atoms with van der Waals surface area (Å²) < 4.78 is 38.5. The van der Waals surface area contributed by atoms with Crippen molar-refractivity contribution in [1.82, 2.24) is 9.78 Å². The highest BCUT2D eigenvalue weighted by Gasteiger charge is 2.34. The van der Waals surface area contributed by atoms with Crippen LogP contribution in [-0.4, -0.2) is 27.1 Å². The van der Waals surface area contributed by atoms with E-state index in [1.54, 1.807) is 18.4 Å². The Morgan fingerprint density at radius 2 is 2.05 bits per heavy atom. The zero-order valence-electron chi connectivity index (χ0n) is 10.2. The van der Waals surface area contributed by atoms with Gasteiger partial charge in [0.25, 0.3) is 0 Å². The molecule has 0 saturated heterocycles. The van der Waals surface area contributed by atoms with Crippen LogP contribution >= 0.6 is 11.8 Å². The summed E-state index contributed by atoms with van der Waals surface area (Å²) in [5.74, 6) is -1.21. The Labute approximate surface area is 116 Å². The molecule has 0 atom stereocenters. The number of carbonyl (C=O) groups is 1. The third-order valence-electron chi connectivity index (χ3n) is 2.56. The van der Waals surface area contributed by atoms with E-state index in [4.69, 9.17) is 0 Å². The van der Waals surface area contributed by atoms with Gasteiger partial charge in [0.2, 0.25) is 0 Å². The third kappa shape index (κ3) is 2.64. The molecule has 0 amide bonds. The minimum atomic E-state index is -4.56. The highest BCUT2D eigenvalue weighted by molar-refractivity contribution is 7.98. The van der Waals surface area contributed by atoms with Crippen LogP contribution in [0.3, 0.4) is 0 Å². The number of benzene rings is 1. The molecular weight excluding hydrogens is 293 g/mol. The van der Waals surface area contributed by atoms with Crippen molar-refractivity contribution >= 4 is 17.7 Å². The van der Waals surface area contributed by atoms with Crippen molar-refractivity contribution in [3.8, 4) is 5.69 Å². The summed E-state index contributed by atoms with van der Waals surface area (Å²) in [6.45, 7) is 0. The Kier molecular flexibility index (Phi) is 3.76. The summed E-state index contributed by atoms with van der Waals surface area (Å²) in [5, 5.41) is 12.6. The number of carboxylic acid groups (broad SMARTS) is 1. The van der Waals surface area contributed by atoms with Crippen LogP contribution in [0.25, 0.3) is 5.69 Å². The highest BCUT2D eigenvalue weighted by Crippen LogP contribution is 2.30. The largest absolute Gasteiger partial charge is 0.478 e. The average Bonchev–Trinajstić information content (AvgIpc) is 2.86. The van der Waals surface area contributed by atoms with Crippen molar-refractivity contribution in [3.05, 3.63) is 41.7 Å². The molecule has 106 valence electrons. The summed E-state index contributed by atoms with van der Waals surface area (Å²) >= 11 is 1.20. The first-order chi connectivity index (χ1) is 9.34. The summed E-state index contributed by atoms with van der Waals surface area (Å²) in [5.41, 5.74) is -1.04. The molecule has 8 heteroatoms. The maximum atomic E-state index is 12.5. The van der Waals surface area contributed by atoms with E-state index in [1.807, 2.05) is 0 Å². The molecule has 1 heterocycles. The van der Waals surface area contributed by atoms with E-state index in [-0.39, 0.29) is 11.3 Å². The first kappa shape index (κ1) is 14.4. The number of aromatic carboxylic acids is 1. The molecular formula is C12H9F3N2O2S. The van der Waals surface area contributed by atoms with E-state index in [1.165, 1.54) is 17.8 Å². The standard InChI is InChI=1S/C12H9F3N2O2S/c1-20-8-4-2-3-7(10(8)11(18)19)17-6-5-9(16-17)12(13,14)15/h2-6H,1H3,(H,18,19). The quantitative estimate of drug-likeness (QED) is 0.884. The zero-order valence-corrected chi connectivity index (χ0v) is 11.0. The predicted octanol–water partition coefficient (Wildman–Crippen LogP) is 3.31. The average molecular weight is 302 g/mol.